The van der Waals surface area contributed by atoms with Crippen molar-refractivity contribution in [3.8, 4) is 11.5 Å². The van der Waals surface area contributed by atoms with Gasteiger partial charge in [0.25, 0.3) is 0 Å². The molecule has 0 spiro atoms. The van der Waals surface area contributed by atoms with Crippen LogP contribution in [0.2, 0.25) is 51.4 Å². The van der Waals surface area contributed by atoms with E-state index in [0.717, 1.165) is 48.9 Å². The van der Waals surface area contributed by atoms with Gasteiger partial charge in [0, 0.05) is 0 Å². The number of benzene rings is 2. The van der Waals surface area contributed by atoms with E-state index in [2.05, 4.69) is 39.3 Å². The predicted molar refractivity (Wildman–Crippen MR) is 151 cm³/mol. The van der Waals surface area contributed by atoms with Crippen molar-refractivity contribution < 1.29 is 18.4 Å². The molecule has 0 fully saturated rings. The van der Waals surface area contributed by atoms with E-state index in [1.807, 2.05) is 36.4 Å². The molecule has 0 bridgehead atoms. The largest absolute Gasteiger partial charge is 0.508 e. The van der Waals surface area contributed by atoms with Gasteiger partial charge in [-0.15, -0.1) is 0 Å². The summed E-state index contributed by atoms with van der Waals surface area (Å²) in [4.78, 5) is 0. The molecule has 0 heterocycles. The van der Waals surface area contributed by atoms with E-state index in [1.54, 1.807) is 12.1 Å². The Hall–Kier alpha value is -1.39. The fourth-order valence-corrected chi connectivity index (χ4v) is 18.4. The maximum absolute atomic E-state index is 9.97. The smallest absolute Gasteiger partial charge is 0.311 e. The second kappa shape index (κ2) is 13.5. The van der Waals surface area contributed by atoms with Crippen LogP contribution in [0, 0.1) is 0 Å². The fourth-order valence-electron chi connectivity index (χ4n) is 4.31. The van der Waals surface area contributed by atoms with Gasteiger partial charge in [-0.1, -0.05) is 51.3 Å². The molecule has 188 valence electrons. The van der Waals surface area contributed by atoms with Crippen LogP contribution in [0.15, 0.2) is 48.5 Å². The number of aryl methyl sites for hydroxylation is 2. The van der Waals surface area contributed by atoms with Gasteiger partial charge in [-0.3, -0.25) is 0 Å². The zero-order valence-electron chi connectivity index (χ0n) is 20.1. The Morgan fingerprint density at radius 1 is 0.606 bits per heavy atom. The van der Waals surface area contributed by atoms with E-state index in [9.17, 15) is 10.2 Å². The maximum Gasteiger partial charge on any atom is 0.311 e. The Balaban J connectivity index is 0.00000512. The molecule has 2 aromatic carbocycles. The highest BCUT2D eigenvalue weighted by Crippen LogP contribution is 2.28. The van der Waals surface area contributed by atoms with Crippen LogP contribution in [0.4, 0.5) is 0 Å². The number of hydrogen-bond acceptors (Lipinski definition) is 4. The summed E-state index contributed by atoms with van der Waals surface area (Å²) in [6.07, 6.45) is 3.79. The van der Waals surface area contributed by atoms with Crippen molar-refractivity contribution in [1.82, 2.24) is 0 Å². The van der Waals surface area contributed by atoms with Crippen molar-refractivity contribution in [3.05, 3.63) is 59.7 Å². The molecule has 0 aliphatic carbocycles. The Morgan fingerprint density at radius 2 is 0.939 bits per heavy atom. The topological polar surface area (TPSA) is 58.9 Å². The standard InChI is InChI=1S/C24H40O4Si3.2CH4/c1-29(2,19-11-15-21-13-7-9-17-23(21)25)27-31(5,6)28-30(3,4)20-12-16-22-14-8-10-18-24(22)26;;/h7-10,13-14,17-18,25-26H,11-12,15-16,19-20H2,1-6H3;2*1H4. The van der Waals surface area contributed by atoms with Gasteiger partial charge in [0.15, 0.2) is 16.6 Å². The second-order valence-electron chi connectivity index (χ2n) is 10.1. The molecule has 2 N–H and O–H groups in total. The third-order valence-corrected chi connectivity index (χ3v) is 16.9. The first-order valence-electron chi connectivity index (χ1n) is 11.3. The average Bonchev–Trinajstić information content (AvgIpc) is 2.62. The molecule has 0 radical (unpaired) electrons. The first kappa shape index (κ1) is 31.6. The summed E-state index contributed by atoms with van der Waals surface area (Å²) in [7, 11) is -5.94. The van der Waals surface area contributed by atoms with E-state index < -0.39 is 25.2 Å². The zero-order valence-corrected chi connectivity index (χ0v) is 23.1. The minimum Gasteiger partial charge on any atom is -0.508 e. The van der Waals surface area contributed by atoms with Crippen molar-refractivity contribution in [1.29, 1.82) is 0 Å². The van der Waals surface area contributed by atoms with Gasteiger partial charge in [-0.05, 0) is 100 Å². The average molecular weight is 509 g/mol. The van der Waals surface area contributed by atoms with Crippen LogP contribution < -0.4 is 0 Å². The molecule has 0 aromatic heterocycles. The molecule has 0 amide bonds. The summed E-state index contributed by atoms with van der Waals surface area (Å²) in [5.74, 6) is 0.773. The zero-order chi connectivity index (χ0) is 23.1. The minimum absolute atomic E-state index is 0. The van der Waals surface area contributed by atoms with Crippen LogP contribution in [0.5, 0.6) is 11.5 Å². The SMILES string of the molecule is C.C.C[Si](C)(CCCc1ccccc1O)O[Si](C)(C)O[Si](C)(C)CCCc1ccccc1O. The normalized spacial score (nSPS) is 12.1. The summed E-state index contributed by atoms with van der Waals surface area (Å²) < 4.78 is 13.4. The first-order valence-corrected chi connectivity index (χ1v) is 20.4. The summed E-state index contributed by atoms with van der Waals surface area (Å²) in [5, 5.41) is 19.9. The fraction of sp³-hybridized carbons (Fsp3) is 0.538. The van der Waals surface area contributed by atoms with Gasteiger partial charge >= 0.3 is 8.56 Å². The molecule has 2 rings (SSSR count). The lowest BCUT2D eigenvalue weighted by Gasteiger charge is -2.39. The molecular weight excluding hydrogens is 461 g/mol. The van der Waals surface area contributed by atoms with Gasteiger partial charge < -0.3 is 18.4 Å². The third kappa shape index (κ3) is 11.5. The second-order valence-corrected chi connectivity index (χ2v) is 22.6. The minimum atomic E-state index is -2.23. The Labute approximate surface area is 206 Å². The molecule has 0 atom stereocenters. The van der Waals surface area contributed by atoms with Gasteiger partial charge in [0.1, 0.15) is 11.5 Å². The highest BCUT2D eigenvalue weighted by atomic mass is 28.5. The van der Waals surface area contributed by atoms with Crippen molar-refractivity contribution >= 4 is 25.2 Å². The highest BCUT2D eigenvalue weighted by Gasteiger charge is 2.39. The Bertz CT molecular complexity index is 770. The molecule has 0 aliphatic rings. The number of para-hydroxylation sites is 2. The maximum atomic E-state index is 9.97. The molecule has 7 heteroatoms. The molecule has 0 saturated carbocycles. The lowest BCUT2D eigenvalue weighted by Crippen LogP contribution is -2.52. The lowest BCUT2D eigenvalue weighted by molar-refractivity contribution is 0.386. The van der Waals surface area contributed by atoms with Crippen LogP contribution in [-0.2, 0) is 21.1 Å². The Kier molecular flexibility index (Phi) is 12.9. The van der Waals surface area contributed by atoms with Crippen molar-refractivity contribution in [2.45, 2.75) is 91.9 Å². The molecule has 33 heavy (non-hydrogen) atoms. The molecule has 4 nitrogen and oxygen atoms in total. The molecule has 0 unspecified atom stereocenters. The van der Waals surface area contributed by atoms with Crippen LogP contribution in [0.25, 0.3) is 0 Å². The number of phenolic OH excluding ortho intramolecular Hbond substituents is 2. The Morgan fingerprint density at radius 3 is 1.27 bits per heavy atom. The first-order chi connectivity index (χ1) is 14.4. The molecular formula is C26H48O4Si3. The van der Waals surface area contributed by atoms with Crippen molar-refractivity contribution in [3.63, 3.8) is 0 Å². The van der Waals surface area contributed by atoms with Crippen molar-refractivity contribution in [2.75, 3.05) is 0 Å². The lowest BCUT2D eigenvalue weighted by atomic mass is 10.1. The molecule has 0 aliphatic heterocycles. The van der Waals surface area contributed by atoms with E-state index in [-0.39, 0.29) is 14.9 Å². The number of aromatic hydroxyl groups is 2. The monoisotopic (exact) mass is 508 g/mol. The molecule has 0 saturated heterocycles. The van der Waals surface area contributed by atoms with Crippen LogP contribution in [-0.4, -0.2) is 35.4 Å². The number of hydrogen-bond donors (Lipinski definition) is 2. The van der Waals surface area contributed by atoms with E-state index >= 15 is 0 Å². The van der Waals surface area contributed by atoms with E-state index in [4.69, 9.17) is 8.23 Å². The third-order valence-electron chi connectivity index (χ3n) is 5.48. The number of rotatable bonds is 12. The highest BCUT2D eigenvalue weighted by molar-refractivity contribution is 6.87. The summed E-state index contributed by atoms with van der Waals surface area (Å²) in [5.41, 5.74) is 2.02. The van der Waals surface area contributed by atoms with Crippen LogP contribution >= 0.6 is 0 Å². The summed E-state index contributed by atoms with van der Waals surface area (Å²) in [6, 6.07) is 17.3. The quantitative estimate of drug-likeness (QED) is 0.284. The van der Waals surface area contributed by atoms with Crippen molar-refractivity contribution in [2.24, 2.45) is 0 Å². The van der Waals surface area contributed by atoms with Crippen LogP contribution in [0.1, 0.15) is 38.8 Å². The summed E-state index contributed by atoms with van der Waals surface area (Å²) in [6.45, 7) is 13.5. The van der Waals surface area contributed by atoms with E-state index in [0.29, 0.717) is 11.5 Å². The van der Waals surface area contributed by atoms with E-state index in [1.165, 1.54) is 0 Å². The van der Waals surface area contributed by atoms with Gasteiger partial charge in [0.05, 0.1) is 0 Å². The summed E-state index contributed by atoms with van der Waals surface area (Å²) >= 11 is 0. The number of phenols is 2. The van der Waals surface area contributed by atoms with Gasteiger partial charge in [-0.25, -0.2) is 0 Å². The van der Waals surface area contributed by atoms with Gasteiger partial charge in [-0.2, -0.15) is 0 Å². The van der Waals surface area contributed by atoms with Crippen LogP contribution in [0.3, 0.4) is 0 Å². The van der Waals surface area contributed by atoms with Gasteiger partial charge in [0.2, 0.25) is 0 Å². The molecule has 2 aromatic rings. The predicted octanol–water partition coefficient (Wildman–Crippen LogP) is 8.08.